The maximum absolute atomic E-state index is 5.25. The van der Waals surface area contributed by atoms with Crippen LogP contribution < -0.4 is 4.74 Å². The number of aromatic nitrogens is 5. The highest BCUT2D eigenvalue weighted by Gasteiger charge is 2.24. The van der Waals surface area contributed by atoms with Gasteiger partial charge in [-0.1, -0.05) is 31.4 Å². The summed E-state index contributed by atoms with van der Waals surface area (Å²) in [6.45, 7) is 4.41. The molecule has 1 aromatic carbocycles. The Labute approximate surface area is 170 Å². The van der Waals surface area contributed by atoms with Crippen molar-refractivity contribution in [3.8, 4) is 5.75 Å². The topological polar surface area (TPSA) is 57.2 Å². The molecular formula is C23H27N5O. The Morgan fingerprint density at radius 3 is 2.52 bits per heavy atom. The van der Waals surface area contributed by atoms with Gasteiger partial charge in [0.1, 0.15) is 17.7 Å². The van der Waals surface area contributed by atoms with Crippen molar-refractivity contribution in [2.24, 2.45) is 0 Å². The zero-order valence-electron chi connectivity index (χ0n) is 17.4. The zero-order chi connectivity index (χ0) is 20.0. The van der Waals surface area contributed by atoms with Gasteiger partial charge in [0.05, 0.1) is 12.5 Å². The average molecular weight is 390 g/mol. The van der Waals surface area contributed by atoms with Gasteiger partial charge in [0.15, 0.2) is 11.5 Å². The molecule has 0 N–H and O–H groups in total. The molecule has 1 aliphatic rings. The number of hydrogen-bond donors (Lipinski definition) is 0. The molecule has 0 bridgehead atoms. The summed E-state index contributed by atoms with van der Waals surface area (Å²) in [7, 11) is 1.68. The van der Waals surface area contributed by atoms with Crippen LogP contribution >= 0.6 is 0 Å². The first-order valence-electron chi connectivity index (χ1n) is 10.5. The molecule has 0 saturated heterocycles. The molecule has 4 aromatic rings. The number of methoxy groups -OCH3 is 1. The molecule has 1 saturated carbocycles. The van der Waals surface area contributed by atoms with Gasteiger partial charge in [-0.15, -0.1) is 5.10 Å². The minimum absolute atomic E-state index is 0.552. The molecule has 0 radical (unpaired) electrons. The first-order chi connectivity index (χ1) is 14.2. The summed E-state index contributed by atoms with van der Waals surface area (Å²) in [4.78, 5) is 9.72. The molecule has 6 nitrogen and oxygen atoms in total. The van der Waals surface area contributed by atoms with E-state index in [1.165, 1.54) is 48.9 Å². The van der Waals surface area contributed by atoms with Crippen LogP contribution in [-0.2, 0) is 6.42 Å². The Morgan fingerprint density at radius 2 is 1.79 bits per heavy atom. The summed E-state index contributed by atoms with van der Waals surface area (Å²) in [6, 6.07) is 8.63. The Balaban J connectivity index is 1.57. The van der Waals surface area contributed by atoms with Crippen molar-refractivity contribution >= 4 is 16.7 Å². The van der Waals surface area contributed by atoms with Crippen LogP contribution in [0.25, 0.3) is 16.7 Å². The van der Waals surface area contributed by atoms with Crippen molar-refractivity contribution in [2.45, 2.75) is 58.4 Å². The van der Waals surface area contributed by atoms with E-state index in [0.717, 1.165) is 28.3 Å². The number of fused-ring (bicyclic) bond motifs is 3. The van der Waals surface area contributed by atoms with Crippen LogP contribution in [0.4, 0.5) is 0 Å². The third kappa shape index (κ3) is 3.07. The fraction of sp³-hybridized carbons (Fsp3) is 0.435. The number of hydrogen-bond acceptors (Lipinski definition) is 4. The molecule has 3 heterocycles. The normalized spacial score (nSPS) is 15.4. The molecule has 150 valence electrons. The lowest BCUT2D eigenvalue weighted by atomic mass is 9.95. The van der Waals surface area contributed by atoms with Gasteiger partial charge in [0.25, 0.3) is 0 Å². The highest BCUT2D eigenvalue weighted by molar-refractivity contribution is 5.94. The van der Waals surface area contributed by atoms with E-state index in [-0.39, 0.29) is 0 Å². The quantitative estimate of drug-likeness (QED) is 0.503. The zero-order valence-corrected chi connectivity index (χ0v) is 17.4. The molecule has 29 heavy (non-hydrogen) atoms. The van der Waals surface area contributed by atoms with Gasteiger partial charge < -0.3 is 9.30 Å². The largest absolute Gasteiger partial charge is 0.497 e. The van der Waals surface area contributed by atoms with E-state index >= 15 is 0 Å². The lowest BCUT2D eigenvalue weighted by Crippen LogP contribution is -2.14. The predicted octanol–water partition coefficient (Wildman–Crippen LogP) is 4.80. The van der Waals surface area contributed by atoms with E-state index in [1.807, 2.05) is 23.0 Å². The first-order valence-corrected chi connectivity index (χ1v) is 10.5. The molecular weight excluding hydrogens is 362 g/mol. The molecule has 0 atom stereocenters. The molecule has 5 rings (SSSR count). The van der Waals surface area contributed by atoms with Gasteiger partial charge in [-0.25, -0.2) is 14.5 Å². The van der Waals surface area contributed by atoms with E-state index in [2.05, 4.69) is 30.5 Å². The number of nitrogens with zero attached hydrogens (tertiary/aromatic N) is 5. The number of aryl methyl sites for hydroxylation is 1. The first kappa shape index (κ1) is 18.2. The minimum atomic E-state index is 0.552. The van der Waals surface area contributed by atoms with Gasteiger partial charge in [-0.05, 0) is 49.9 Å². The van der Waals surface area contributed by atoms with E-state index in [4.69, 9.17) is 19.8 Å². The second kappa shape index (κ2) is 7.17. The van der Waals surface area contributed by atoms with Crippen LogP contribution in [0.1, 0.15) is 60.8 Å². The van der Waals surface area contributed by atoms with Gasteiger partial charge in [-0.2, -0.15) is 0 Å². The van der Waals surface area contributed by atoms with Gasteiger partial charge in [0.2, 0.25) is 0 Å². The van der Waals surface area contributed by atoms with Crippen LogP contribution in [0.2, 0.25) is 0 Å². The third-order valence-corrected chi connectivity index (χ3v) is 6.38. The SMILES string of the molecule is COc1ccc(Cc2nc3c4c(C)c(C)n(C5CCCCC5)c4ncn3n2)cc1. The van der Waals surface area contributed by atoms with Crippen LogP contribution in [-0.4, -0.2) is 31.3 Å². The maximum atomic E-state index is 5.25. The second-order valence-corrected chi connectivity index (χ2v) is 8.14. The maximum Gasteiger partial charge on any atom is 0.168 e. The van der Waals surface area contributed by atoms with Gasteiger partial charge in [0, 0.05) is 18.2 Å². The number of rotatable bonds is 4. The number of benzene rings is 1. The lowest BCUT2D eigenvalue weighted by Gasteiger charge is -2.25. The number of ether oxygens (including phenoxy) is 1. The Kier molecular flexibility index (Phi) is 4.49. The smallest absolute Gasteiger partial charge is 0.168 e. The Hall–Kier alpha value is -2.89. The van der Waals surface area contributed by atoms with Crippen molar-refractivity contribution < 1.29 is 4.74 Å². The van der Waals surface area contributed by atoms with Crippen molar-refractivity contribution in [3.63, 3.8) is 0 Å². The summed E-state index contributed by atoms with van der Waals surface area (Å²) in [5.41, 5.74) is 5.72. The molecule has 0 aliphatic heterocycles. The molecule has 1 aliphatic carbocycles. The van der Waals surface area contributed by atoms with Crippen LogP contribution in [0, 0.1) is 13.8 Å². The summed E-state index contributed by atoms with van der Waals surface area (Å²) in [6.07, 6.45) is 8.96. The van der Waals surface area contributed by atoms with Crippen molar-refractivity contribution in [2.75, 3.05) is 7.11 Å². The molecule has 3 aromatic heterocycles. The predicted molar refractivity (Wildman–Crippen MR) is 114 cm³/mol. The molecule has 0 unspecified atom stereocenters. The standard InChI is InChI=1S/C23H27N5O/c1-15-16(2)28(18-7-5-4-6-8-18)22-21(15)23-25-20(26-27(23)14-24-22)13-17-9-11-19(29-3)12-10-17/h9-12,14,18H,4-8,13H2,1-3H3. The third-order valence-electron chi connectivity index (χ3n) is 6.38. The van der Waals surface area contributed by atoms with E-state index < -0.39 is 0 Å². The Bertz CT molecular complexity index is 1170. The molecule has 0 amide bonds. The average Bonchev–Trinajstić information content (AvgIpc) is 3.27. The minimum Gasteiger partial charge on any atom is -0.497 e. The molecule has 1 fully saturated rings. The fourth-order valence-corrected chi connectivity index (χ4v) is 4.72. The molecule has 0 spiro atoms. The van der Waals surface area contributed by atoms with Crippen molar-refractivity contribution in [1.82, 2.24) is 24.1 Å². The summed E-state index contributed by atoms with van der Waals surface area (Å²) in [5.74, 6) is 1.67. The summed E-state index contributed by atoms with van der Waals surface area (Å²) >= 11 is 0. The van der Waals surface area contributed by atoms with E-state index in [0.29, 0.717) is 12.5 Å². The van der Waals surface area contributed by atoms with E-state index in [9.17, 15) is 0 Å². The van der Waals surface area contributed by atoms with Crippen LogP contribution in [0.5, 0.6) is 5.75 Å². The fourth-order valence-electron chi connectivity index (χ4n) is 4.72. The van der Waals surface area contributed by atoms with Gasteiger partial charge >= 0.3 is 0 Å². The van der Waals surface area contributed by atoms with E-state index in [1.54, 1.807) is 7.11 Å². The summed E-state index contributed by atoms with van der Waals surface area (Å²) < 4.78 is 9.54. The second-order valence-electron chi connectivity index (χ2n) is 8.14. The lowest BCUT2D eigenvalue weighted by molar-refractivity contribution is 0.355. The van der Waals surface area contributed by atoms with Crippen LogP contribution in [0.15, 0.2) is 30.6 Å². The summed E-state index contributed by atoms with van der Waals surface area (Å²) in [5, 5.41) is 5.84. The highest BCUT2D eigenvalue weighted by atomic mass is 16.5. The van der Waals surface area contributed by atoms with Crippen molar-refractivity contribution in [3.05, 3.63) is 53.2 Å². The van der Waals surface area contributed by atoms with Gasteiger partial charge in [-0.3, -0.25) is 0 Å². The monoisotopic (exact) mass is 389 g/mol. The van der Waals surface area contributed by atoms with Crippen molar-refractivity contribution in [1.29, 1.82) is 0 Å². The highest BCUT2D eigenvalue weighted by Crippen LogP contribution is 2.35. The Morgan fingerprint density at radius 1 is 1.03 bits per heavy atom. The molecule has 6 heteroatoms. The van der Waals surface area contributed by atoms with Crippen LogP contribution in [0.3, 0.4) is 0 Å².